The number of hydrogen-bond donors (Lipinski definition) is 0. The Bertz CT molecular complexity index is 698. The van der Waals surface area contributed by atoms with E-state index >= 15 is 0 Å². The third-order valence-electron chi connectivity index (χ3n) is 3.10. The Labute approximate surface area is 130 Å². The lowest BCUT2D eigenvalue weighted by Crippen LogP contribution is -2.26. The SMILES string of the molecule is Cc1nc(N2CC(S(=O)(=O)Cl)CC2=O)sc1C(=O)N(C)C. The van der Waals surface area contributed by atoms with Crippen molar-refractivity contribution < 1.29 is 18.0 Å². The normalized spacial score (nSPS) is 19.1. The molecule has 1 fully saturated rings. The topological polar surface area (TPSA) is 87.6 Å². The van der Waals surface area contributed by atoms with E-state index < -0.39 is 14.3 Å². The molecular weight excluding hydrogens is 338 g/mol. The Balaban J connectivity index is 2.30. The third kappa shape index (κ3) is 3.19. The van der Waals surface area contributed by atoms with Gasteiger partial charge in [-0.25, -0.2) is 13.4 Å². The summed E-state index contributed by atoms with van der Waals surface area (Å²) in [6.45, 7) is 1.64. The van der Waals surface area contributed by atoms with E-state index in [9.17, 15) is 18.0 Å². The number of carbonyl (C=O) groups excluding carboxylic acids is 2. The van der Waals surface area contributed by atoms with Gasteiger partial charge in [-0.05, 0) is 6.92 Å². The molecule has 2 rings (SSSR count). The number of aryl methyl sites for hydroxylation is 1. The molecule has 0 radical (unpaired) electrons. The van der Waals surface area contributed by atoms with E-state index in [1.54, 1.807) is 21.0 Å². The fourth-order valence-electron chi connectivity index (χ4n) is 1.95. The van der Waals surface area contributed by atoms with Gasteiger partial charge in [0.1, 0.15) is 10.1 Å². The van der Waals surface area contributed by atoms with Gasteiger partial charge in [-0.15, -0.1) is 0 Å². The second-order valence-electron chi connectivity index (χ2n) is 4.92. The first-order valence-corrected chi connectivity index (χ1v) is 9.23. The van der Waals surface area contributed by atoms with Crippen molar-refractivity contribution >= 4 is 48.0 Å². The summed E-state index contributed by atoms with van der Waals surface area (Å²) in [6, 6.07) is 0. The Morgan fingerprint density at radius 3 is 2.57 bits per heavy atom. The van der Waals surface area contributed by atoms with Crippen molar-refractivity contribution in [2.45, 2.75) is 18.6 Å². The molecule has 2 heterocycles. The summed E-state index contributed by atoms with van der Waals surface area (Å²) in [5, 5.41) is -0.616. The zero-order valence-corrected chi connectivity index (χ0v) is 14.0. The first kappa shape index (κ1) is 16.2. The average Bonchev–Trinajstić information content (AvgIpc) is 2.91. The molecule has 1 aromatic rings. The van der Waals surface area contributed by atoms with Gasteiger partial charge in [0.25, 0.3) is 5.91 Å². The van der Waals surface area contributed by atoms with E-state index in [1.807, 2.05) is 0 Å². The van der Waals surface area contributed by atoms with Crippen LogP contribution in [0.4, 0.5) is 5.13 Å². The van der Waals surface area contributed by atoms with Crippen LogP contribution in [0.5, 0.6) is 0 Å². The number of halogens is 1. The van der Waals surface area contributed by atoms with Crippen LogP contribution in [0, 0.1) is 6.92 Å². The van der Waals surface area contributed by atoms with E-state index in [2.05, 4.69) is 4.98 Å². The molecule has 1 saturated heterocycles. The maximum Gasteiger partial charge on any atom is 0.265 e. The fraction of sp³-hybridized carbons (Fsp3) is 0.545. The lowest BCUT2D eigenvalue weighted by Gasteiger charge is -2.11. The molecule has 1 aliphatic heterocycles. The maximum atomic E-state index is 12.0. The first-order chi connectivity index (χ1) is 9.61. The van der Waals surface area contributed by atoms with Crippen molar-refractivity contribution in [1.29, 1.82) is 0 Å². The second kappa shape index (κ2) is 5.54. The summed E-state index contributed by atoms with van der Waals surface area (Å²) in [6.07, 6.45) is -0.165. The van der Waals surface area contributed by atoms with Gasteiger partial charge in [-0.2, -0.15) is 0 Å². The van der Waals surface area contributed by atoms with Crippen LogP contribution in [-0.2, 0) is 13.8 Å². The Kier molecular flexibility index (Phi) is 4.27. The number of nitrogens with zero attached hydrogens (tertiary/aromatic N) is 3. The van der Waals surface area contributed by atoms with Crippen molar-refractivity contribution in [2.24, 2.45) is 0 Å². The van der Waals surface area contributed by atoms with Gasteiger partial charge in [0.2, 0.25) is 15.0 Å². The molecule has 7 nitrogen and oxygen atoms in total. The molecule has 21 heavy (non-hydrogen) atoms. The quantitative estimate of drug-likeness (QED) is 0.752. The van der Waals surface area contributed by atoms with Crippen LogP contribution in [0.25, 0.3) is 0 Å². The highest BCUT2D eigenvalue weighted by molar-refractivity contribution is 8.14. The van der Waals surface area contributed by atoms with Crippen LogP contribution in [0.2, 0.25) is 0 Å². The summed E-state index contributed by atoms with van der Waals surface area (Å²) >= 11 is 1.07. The number of amides is 2. The van der Waals surface area contributed by atoms with Crippen LogP contribution < -0.4 is 4.90 Å². The number of rotatable bonds is 3. The minimum absolute atomic E-state index is 0.0345. The van der Waals surface area contributed by atoms with Crippen LogP contribution in [0.3, 0.4) is 0 Å². The Hall–Kier alpha value is -1.19. The van der Waals surface area contributed by atoms with Gasteiger partial charge >= 0.3 is 0 Å². The number of hydrogen-bond acceptors (Lipinski definition) is 6. The average molecular weight is 352 g/mol. The molecular formula is C11H14ClN3O4S2. The molecule has 10 heteroatoms. The first-order valence-electron chi connectivity index (χ1n) is 6.04. The minimum atomic E-state index is -3.80. The number of carbonyl (C=O) groups is 2. The van der Waals surface area contributed by atoms with Gasteiger partial charge in [-0.1, -0.05) is 11.3 Å². The third-order valence-corrected chi connectivity index (χ3v) is 6.14. The van der Waals surface area contributed by atoms with Gasteiger partial charge in [0.05, 0.1) is 5.69 Å². The lowest BCUT2D eigenvalue weighted by molar-refractivity contribution is -0.117. The highest BCUT2D eigenvalue weighted by Crippen LogP contribution is 2.32. The fourth-order valence-corrected chi connectivity index (χ4v) is 4.09. The van der Waals surface area contributed by atoms with E-state index in [-0.39, 0.29) is 24.8 Å². The maximum absolute atomic E-state index is 12.0. The molecule has 0 aliphatic carbocycles. The van der Waals surface area contributed by atoms with Crippen LogP contribution in [-0.4, -0.2) is 56.0 Å². The molecule has 0 bridgehead atoms. The highest BCUT2D eigenvalue weighted by Gasteiger charge is 2.39. The zero-order chi connectivity index (χ0) is 15.9. The van der Waals surface area contributed by atoms with E-state index in [4.69, 9.17) is 10.7 Å². The number of aromatic nitrogens is 1. The molecule has 0 N–H and O–H groups in total. The Morgan fingerprint density at radius 2 is 2.10 bits per heavy atom. The summed E-state index contributed by atoms with van der Waals surface area (Å²) in [5.74, 6) is -0.564. The summed E-state index contributed by atoms with van der Waals surface area (Å²) in [5.41, 5.74) is 0.513. The Morgan fingerprint density at radius 1 is 1.48 bits per heavy atom. The van der Waals surface area contributed by atoms with Gasteiger partial charge < -0.3 is 4.90 Å². The molecule has 1 atom stereocenters. The monoisotopic (exact) mass is 351 g/mol. The molecule has 0 saturated carbocycles. The van der Waals surface area contributed by atoms with Crippen LogP contribution in [0.1, 0.15) is 21.8 Å². The molecule has 1 aliphatic rings. The number of anilines is 1. The molecule has 116 valence electrons. The summed E-state index contributed by atoms with van der Waals surface area (Å²) in [4.78, 5) is 31.2. The molecule has 2 amide bonds. The van der Waals surface area contributed by atoms with Crippen molar-refractivity contribution in [3.8, 4) is 0 Å². The predicted octanol–water partition coefficient (Wildman–Crippen LogP) is 0.827. The van der Waals surface area contributed by atoms with Gasteiger partial charge in [-0.3, -0.25) is 14.5 Å². The van der Waals surface area contributed by atoms with Crippen molar-refractivity contribution in [3.05, 3.63) is 10.6 Å². The van der Waals surface area contributed by atoms with E-state index in [1.165, 1.54) is 9.80 Å². The molecule has 0 spiro atoms. The molecule has 1 unspecified atom stereocenters. The zero-order valence-electron chi connectivity index (χ0n) is 11.7. The largest absolute Gasteiger partial charge is 0.344 e. The predicted molar refractivity (Wildman–Crippen MR) is 80.4 cm³/mol. The number of thiazole rings is 1. The van der Waals surface area contributed by atoms with E-state index in [0.717, 1.165) is 11.3 Å². The van der Waals surface area contributed by atoms with Crippen molar-refractivity contribution in [3.63, 3.8) is 0 Å². The second-order valence-corrected chi connectivity index (χ2v) is 8.80. The van der Waals surface area contributed by atoms with Gasteiger partial charge in [0.15, 0.2) is 5.13 Å². The van der Waals surface area contributed by atoms with Crippen molar-refractivity contribution in [2.75, 3.05) is 25.5 Å². The standard InChI is InChI=1S/C11H14ClN3O4S2/c1-6-9(10(17)14(2)3)20-11(13-6)15-5-7(4-8(15)16)21(12,18)19/h7H,4-5H2,1-3H3. The minimum Gasteiger partial charge on any atom is -0.344 e. The lowest BCUT2D eigenvalue weighted by atomic mass is 10.3. The van der Waals surface area contributed by atoms with Crippen molar-refractivity contribution in [1.82, 2.24) is 9.88 Å². The van der Waals surface area contributed by atoms with Gasteiger partial charge in [0, 0.05) is 37.7 Å². The summed E-state index contributed by atoms with van der Waals surface area (Å²) in [7, 11) is 4.75. The highest BCUT2D eigenvalue weighted by atomic mass is 35.7. The summed E-state index contributed by atoms with van der Waals surface area (Å²) < 4.78 is 22.7. The van der Waals surface area contributed by atoms with Crippen LogP contribution >= 0.6 is 22.0 Å². The van der Waals surface area contributed by atoms with E-state index in [0.29, 0.717) is 15.7 Å². The smallest absolute Gasteiger partial charge is 0.265 e. The van der Waals surface area contributed by atoms with Crippen LogP contribution in [0.15, 0.2) is 0 Å². The molecule has 1 aromatic heterocycles. The molecule has 0 aromatic carbocycles.